The Labute approximate surface area is 191 Å². The molecule has 4 aromatic rings. The summed E-state index contributed by atoms with van der Waals surface area (Å²) in [6.45, 7) is 3.24. The SMILES string of the molecule is CC(O)C#Cc1ccccc1C(C)n1c(=O)oc2cc(S(=O)(=O)Nc3ncns3)c(F)cc21. The van der Waals surface area contributed by atoms with Crippen LogP contribution < -0.4 is 10.5 Å². The molecule has 33 heavy (non-hydrogen) atoms. The number of aliphatic hydroxyl groups is 1. The molecule has 2 aromatic heterocycles. The van der Waals surface area contributed by atoms with Crippen molar-refractivity contribution in [2.45, 2.75) is 30.9 Å². The van der Waals surface area contributed by atoms with E-state index in [4.69, 9.17) is 4.42 Å². The van der Waals surface area contributed by atoms with Crippen molar-refractivity contribution in [2.75, 3.05) is 4.72 Å². The van der Waals surface area contributed by atoms with Crippen LogP contribution in [0.2, 0.25) is 0 Å². The number of benzene rings is 2. The first kappa shape index (κ1) is 22.7. The highest BCUT2D eigenvalue weighted by Gasteiger charge is 2.26. The Morgan fingerprint density at radius 1 is 1.27 bits per heavy atom. The van der Waals surface area contributed by atoms with Gasteiger partial charge in [-0.1, -0.05) is 30.0 Å². The molecule has 4 rings (SSSR count). The molecule has 2 heterocycles. The molecule has 0 bridgehead atoms. The second-order valence-corrected chi connectivity index (χ2v) is 9.48. The summed E-state index contributed by atoms with van der Waals surface area (Å²) in [5.74, 6) is 3.67. The van der Waals surface area contributed by atoms with Crippen molar-refractivity contribution in [3.8, 4) is 11.8 Å². The second-order valence-electron chi connectivity index (χ2n) is 7.05. The zero-order valence-corrected chi connectivity index (χ0v) is 18.9. The molecule has 0 radical (unpaired) electrons. The zero-order chi connectivity index (χ0) is 23.8. The Balaban J connectivity index is 1.81. The van der Waals surface area contributed by atoms with Crippen molar-refractivity contribution >= 4 is 37.8 Å². The normalized spacial score (nSPS) is 13.3. The zero-order valence-electron chi connectivity index (χ0n) is 17.3. The lowest BCUT2D eigenvalue weighted by molar-refractivity contribution is 0.253. The first-order valence-corrected chi connectivity index (χ1v) is 11.9. The van der Waals surface area contributed by atoms with Crippen LogP contribution in [0, 0.1) is 17.7 Å². The highest BCUT2D eigenvalue weighted by molar-refractivity contribution is 7.93. The van der Waals surface area contributed by atoms with E-state index in [0.717, 1.165) is 30.0 Å². The van der Waals surface area contributed by atoms with Gasteiger partial charge in [-0.15, -0.1) is 0 Å². The van der Waals surface area contributed by atoms with Gasteiger partial charge in [0.15, 0.2) is 5.58 Å². The minimum Gasteiger partial charge on any atom is -0.408 e. The van der Waals surface area contributed by atoms with Gasteiger partial charge in [0.25, 0.3) is 10.0 Å². The lowest BCUT2D eigenvalue weighted by Gasteiger charge is -2.15. The summed E-state index contributed by atoms with van der Waals surface area (Å²) in [5, 5.41) is 9.44. The van der Waals surface area contributed by atoms with Gasteiger partial charge < -0.3 is 9.52 Å². The number of aliphatic hydroxyl groups excluding tert-OH is 1. The van der Waals surface area contributed by atoms with Crippen LogP contribution in [0.5, 0.6) is 0 Å². The summed E-state index contributed by atoms with van der Waals surface area (Å²) in [5.41, 5.74) is 1.20. The summed E-state index contributed by atoms with van der Waals surface area (Å²) in [6.07, 6.45) is 0.320. The Hall–Kier alpha value is -3.53. The van der Waals surface area contributed by atoms with Crippen LogP contribution in [0.1, 0.15) is 31.0 Å². The van der Waals surface area contributed by atoms with Gasteiger partial charge in [0.1, 0.15) is 23.1 Å². The molecule has 2 unspecified atom stereocenters. The smallest absolute Gasteiger partial charge is 0.408 e. The fraction of sp³-hybridized carbons (Fsp3) is 0.190. The van der Waals surface area contributed by atoms with Gasteiger partial charge in [-0.2, -0.15) is 4.37 Å². The molecule has 2 aromatic carbocycles. The third-order valence-electron chi connectivity index (χ3n) is 4.75. The molecule has 0 amide bonds. The molecule has 0 fully saturated rings. The van der Waals surface area contributed by atoms with Crippen molar-refractivity contribution < 1.29 is 22.3 Å². The minimum absolute atomic E-state index is 0.0305. The maximum Gasteiger partial charge on any atom is 0.420 e. The molecule has 170 valence electrons. The number of nitrogens with zero attached hydrogens (tertiary/aromatic N) is 3. The van der Waals surface area contributed by atoms with E-state index in [9.17, 15) is 22.7 Å². The molecular formula is C21H17FN4O5S2. The summed E-state index contributed by atoms with van der Waals surface area (Å²) in [6, 6.07) is 8.28. The second kappa shape index (κ2) is 8.78. The van der Waals surface area contributed by atoms with Gasteiger partial charge in [-0.25, -0.2) is 22.6 Å². The van der Waals surface area contributed by atoms with Crippen LogP contribution >= 0.6 is 11.5 Å². The third-order valence-corrected chi connectivity index (χ3v) is 6.82. The first-order valence-electron chi connectivity index (χ1n) is 9.60. The van der Waals surface area contributed by atoms with Gasteiger partial charge in [0, 0.05) is 29.2 Å². The quantitative estimate of drug-likeness (QED) is 0.414. The van der Waals surface area contributed by atoms with Gasteiger partial charge in [0.05, 0.1) is 11.6 Å². The Morgan fingerprint density at radius 3 is 2.73 bits per heavy atom. The van der Waals surface area contributed by atoms with E-state index in [2.05, 4.69) is 25.9 Å². The van der Waals surface area contributed by atoms with Crippen molar-refractivity contribution in [3.05, 3.63) is 70.2 Å². The Morgan fingerprint density at radius 2 is 2.03 bits per heavy atom. The molecule has 0 saturated heterocycles. The number of fused-ring (bicyclic) bond motifs is 1. The summed E-state index contributed by atoms with van der Waals surface area (Å²) in [4.78, 5) is 15.7. The maximum atomic E-state index is 14.9. The lowest BCUT2D eigenvalue weighted by Crippen LogP contribution is -2.20. The van der Waals surface area contributed by atoms with E-state index in [1.165, 1.54) is 11.5 Å². The molecule has 2 atom stereocenters. The van der Waals surface area contributed by atoms with Crippen LogP contribution in [0.25, 0.3) is 11.1 Å². The third kappa shape index (κ3) is 4.51. The molecule has 0 aliphatic heterocycles. The highest BCUT2D eigenvalue weighted by Crippen LogP contribution is 2.28. The van der Waals surface area contributed by atoms with Gasteiger partial charge in [-0.3, -0.25) is 9.29 Å². The average molecular weight is 489 g/mol. The topological polar surface area (TPSA) is 127 Å². The van der Waals surface area contributed by atoms with Gasteiger partial charge >= 0.3 is 5.76 Å². The molecule has 9 nitrogen and oxygen atoms in total. The Bertz CT molecular complexity index is 1550. The molecule has 0 saturated carbocycles. The molecule has 0 aliphatic rings. The van der Waals surface area contributed by atoms with Crippen LogP contribution in [0.4, 0.5) is 9.52 Å². The van der Waals surface area contributed by atoms with Crippen molar-refractivity contribution in [2.24, 2.45) is 0 Å². The maximum absolute atomic E-state index is 14.9. The highest BCUT2D eigenvalue weighted by atomic mass is 32.2. The van der Waals surface area contributed by atoms with E-state index < -0.39 is 38.6 Å². The Kier molecular flexibility index (Phi) is 6.03. The number of sulfonamides is 1. The number of hydrogen-bond acceptors (Lipinski definition) is 8. The van der Waals surface area contributed by atoms with Crippen LogP contribution in [-0.2, 0) is 10.0 Å². The van der Waals surface area contributed by atoms with E-state index in [1.54, 1.807) is 31.2 Å². The number of anilines is 1. The van der Waals surface area contributed by atoms with Crippen LogP contribution in [0.3, 0.4) is 0 Å². The largest absolute Gasteiger partial charge is 0.420 e. The number of rotatable bonds is 5. The van der Waals surface area contributed by atoms with E-state index in [1.807, 2.05) is 0 Å². The molecule has 12 heteroatoms. The van der Waals surface area contributed by atoms with E-state index >= 15 is 0 Å². The van der Waals surface area contributed by atoms with Crippen molar-refractivity contribution in [3.63, 3.8) is 0 Å². The van der Waals surface area contributed by atoms with Crippen LogP contribution in [-0.4, -0.2) is 33.6 Å². The predicted molar refractivity (Wildman–Crippen MR) is 120 cm³/mol. The lowest BCUT2D eigenvalue weighted by atomic mass is 10.0. The van der Waals surface area contributed by atoms with Crippen molar-refractivity contribution in [1.29, 1.82) is 0 Å². The monoisotopic (exact) mass is 488 g/mol. The molecular weight excluding hydrogens is 471 g/mol. The average Bonchev–Trinajstić information content (AvgIpc) is 3.37. The fourth-order valence-corrected chi connectivity index (χ4v) is 5.03. The van der Waals surface area contributed by atoms with Crippen molar-refractivity contribution in [1.82, 2.24) is 13.9 Å². The van der Waals surface area contributed by atoms with Gasteiger partial charge in [0.2, 0.25) is 5.13 Å². The summed E-state index contributed by atoms with van der Waals surface area (Å²) >= 11 is 0.791. The predicted octanol–water partition coefficient (Wildman–Crippen LogP) is 2.73. The summed E-state index contributed by atoms with van der Waals surface area (Å²) in [7, 11) is -4.33. The fourth-order valence-electron chi connectivity index (χ4n) is 3.29. The number of oxazole rings is 1. The molecule has 0 aliphatic carbocycles. The molecule has 0 spiro atoms. The number of hydrogen-bond donors (Lipinski definition) is 2. The summed E-state index contributed by atoms with van der Waals surface area (Å²) < 4.78 is 52.4. The minimum atomic E-state index is -4.33. The standard InChI is InChI=1S/C21H17FN4O5S2/c1-12(27)7-8-14-5-3-4-6-15(14)13(2)26-17-9-16(22)19(10-18(17)31-21(26)28)33(29,30)25-20-23-11-24-32-20/h3-6,9-13,27H,1-2H3,(H,23,24,25). The first-order chi connectivity index (χ1) is 15.7. The van der Waals surface area contributed by atoms with E-state index in [-0.39, 0.29) is 16.2 Å². The molecule has 2 N–H and O–H groups in total. The number of aromatic nitrogens is 3. The number of nitrogens with one attached hydrogen (secondary N) is 1. The number of halogens is 1. The van der Waals surface area contributed by atoms with E-state index in [0.29, 0.717) is 11.1 Å². The van der Waals surface area contributed by atoms with Gasteiger partial charge in [-0.05, 0) is 25.5 Å². The van der Waals surface area contributed by atoms with Crippen LogP contribution in [0.15, 0.2) is 56.8 Å².